The van der Waals surface area contributed by atoms with E-state index < -0.39 is 10.0 Å². The number of carbonyl (C=O) groups is 1. The van der Waals surface area contributed by atoms with Gasteiger partial charge in [-0.1, -0.05) is 23.8 Å². The fourth-order valence-electron chi connectivity index (χ4n) is 2.19. The topological polar surface area (TPSA) is 75.3 Å². The molecule has 0 aliphatic heterocycles. The Hall–Kier alpha value is -1.53. The predicted molar refractivity (Wildman–Crippen MR) is 85.0 cm³/mol. The third-order valence-corrected chi connectivity index (χ3v) is 4.01. The van der Waals surface area contributed by atoms with Crippen molar-refractivity contribution in [2.75, 3.05) is 16.3 Å². The number of allylic oxidation sites excluding steroid dienone is 2. The van der Waals surface area contributed by atoms with Gasteiger partial charge in [-0.15, -0.1) is 0 Å². The number of carbonyl (C=O) groups excluding carboxylic acids is 1. The lowest BCUT2D eigenvalue weighted by atomic mass is 10.1. The van der Waals surface area contributed by atoms with Crippen molar-refractivity contribution in [2.24, 2.45) is 5.92 Å². The Balaban J connectivity index is 1.99. The summed E-state index contributed by atoms with van der Waals surface area (Å²) in [5.74, 6) is 0.220. The first-order valence-corrected chi connectivity index (χ1v) is 8.84. The summed E-state index contributed by atoms with van der Waals surface area (Å²) in [5.41, 5.74) is 0.835. The molecule has 2 rings (SSSR count). The molecule has 0 aromatic heterocycles. The Morgan fingerprint density at radius 3 is 2.76 bits per heavy atom. The maximum absolute atomic E-state index is 11.9. The van der Waals surface area contributed by atoms with Gasteiger partial charge in [0.15, 0.2) is 0 Å². The van der Waals surface area contributed by atoms with E-state index in [0.29, 0.717) is 18.0 Å². The lowest BCUT2D eigenvalue weighted by Crippen LogP contribution is -2.15. The van der Waals surface area contributed by atoms with Gasteiger partial charge in [0.25, 0.3) is 0 Å². The van der Waals surface area contributed by atoms with Gasteiger partial charge in [-0.05, 0) is 37.0 Å². The Labute approximate surface area is 129 Å². The lowest BCUT2D eigenvalue weighted by molar-refractivity contribution is -0.116. The first-order chi connectivity index (χ1) is 9.83. The molecule has 1 aliphatic rings. The van der Waals surface area contributed by atoms with Gasteiger partial charge in [0.1, 0.15) is 0 Å². The lowest BCUT2D eigenvalue weighted by Gasteiger charge is -2.11. The highest BCUT2D eigenvalue weighted by molar-refractivity contribution is 7.92. The molecule has 0 fully saturated rings. The van der Waals surface area contributed by atoms with Gasteiger partial charge in [0, 0.05) is 12.1 Å². The molecule has 1 aromatic carbocycles. The molecule has 1 aliphatic carbocycles. The Bertz CT molecular complexity index is 671. The van der Waals surface area contributed by atoms with E-state index in [1.807, 2.05) is 0 Å². The quantitative estimate of drug-likeness (QED) is 0.816. The van der Waals surface area contributed by atoms with Gasteiger partial charge in [-0.2, -0.15) is 0 Å². The maximum atomic E-state index is 11.9. The van der Waals surface area contributed by atoms with Crippen molar-refractivity contribution in [3.05, 3.63) is 35.4 Å². The normalized spacial score (nSPS) is 17.7. The molecular formula is C14H17ClN2O3S. The van der Waals surface area contributed by atoms with Gasteiger partial charge < -0.3 is 5.32 Å². The second kappa shape index (κ2) is 6.49. The Kier molecular flexibility index (Phi) is 4.90. The van der Waals surface area contributed by atoms with E-state index in [1.54, 1.807) is 6.07 Å². The van der Waals surface area contributed by atoms with Crippen molar-refractivity contribution in [2.45, 2.75) is 19.3 Å². The van der Waals surface area contributed by atoms with Gasteiger partial charge in [0.2, 0.25) is 15.9 Å². The highest BCUT2D eigenvalue weighted by Gasteiger charge is 2.14. The van der Waals surface area contributed by atoms with Crippen LogP contribution in [0.2, 0.25) is 5.02 Å². The number of hydrogen-bond acceptors (Lipinski definition) is 3. The molecule has 5 nitrogen and oxygen atoms in total. The molecule has 1 atom stereocenters. The molecule has 0 radical (unpaired) electrons. The van der Waals surface area contributed by atoms with Crippen LogP contribution in [-0.4, -0.2) is 20.6 Å². The standard InChI is InChI=1S/C14H17ClN2O3S/c1-21(19,20)17-13-7-6-11(9-12(13)15)16-14(18)8-10-4-2-3-5-10/h2,4,6-7,9-10,17H,3,5,8H2,1H3,(H,16,18)/t10-/m1/s1. The fourth-order valence-corrected chi connectivity index (χ4v) is 3.05. The second-order valence-corrected chi connectivity index (χ2v) is 7.24. The van der Waals surface area contributed by atoms with Gasteiger partial charge in [-0.25, -0.2) is 8.42 Å². The van der Waals surface area contributed by atoms with Crippen molar-refractivity contribution < 1.29 is 13.2 Å². The molecule has 0 saturated carbocycles. The average molecular weight is 329 g/mol. The molecule has 21 heavy (non-hydrogen) atoms. The van der Waals surface area contributed by atoms with Crippen LogP contribution in [0.25, 0.3) is 0 Å². The average Bonchev–Trinajstić information content (AvgIpc) is 2.84. The van der Waals surface area contributed by atoms with Crippen LogP contribution < -0.4 is 10.0 Å². The SMILES string of the molecule is CS(=O)(=O)Nc1ccc(NC(=O)C[C@@H]2C=CCC2)cc1Cl. The van der Waals surface area contributed by atoms with E-state index in [-0.39, 0.29) is 16.6 Å². The summed E-state index contributed by atoms with van der Waals surface area (Å²) in [5, 5.41) is 3.00. The van der Waals surface area contributed by atoms with E-state index >= 15 is 0 Å². The van der Waals surface area contributed by atoms with Gasteiger partial charge in [-0.3, -0.25) is 9.52 Å². The number of rotatable bonds is 5. The third-order valence-electron chi connectivity index (χ3n) is 3.11. The highest BCUT2D eigenvalue weighted by Crippen LogP contribution is 2.27. The number of halogens is 1. The fraction of sp³-hybridized carbons (Fsp3) is 0.357. The smallest absolute Gasteiger partial charge is 0.229 e. The molecule has 1 amide bonds. The summed E-state index contributed by atoms with van der Waals surface area (Å²) in [6.45, 7) is 0. The molecular weight excluding hydrogens is 312 g/mol. The number of hydrogen-bond donors (Lipinski definition) is 2. The minimum Gasteiger partial charge on any atom is -0.326 e. The summed E-state index contributed by atoms with van der Waals surface area (Å²) < 4.78 is 24.6. The monoisotopic (exact) mass is 328 g/mol. The molecule has 0 spiro atoms. The van der Waals surface area contributed by atoms with E-state index in [0.717, 1.165) is 19.1 Å². The number of sulfonamides is 1. The summed E-state index contributed by atoms with van der Waals surface area (Å²) in [4.78, 5) is 11.9. The molecule has 0 saturated heterocycles. The maximum Gasteiger partial charge on any atom is 0.229 e. The predicted octanol–water partition coefficient (Wildman–Crippen LogP) is 3.01. The highest BCUT2D eigenvalue weighted by atomic mass is 35.5. The zero-order valence-electron chi connectivity index (χ0n) is 11.6. The molecule has 114 valence electrons. The third kappa shape index (κ3) is 5.06. The number of amides is 1. The van der Waals surface area contributed by atoms with Crippen molar-refractivity contribution in [1.29, 1.82) is 0 Å². The van der Waals surface area contributed by atoms with Crippen molar-refractivity contribution in [1.82, 2.24) is 0 Å². The summed E-state index contributed by atoms with van der Waals surface area (Å²) in [6, 6.07) is 4.66. The summed E-state index contributed by atoms with van der Waals surface area (Å²) >= 11 is 6.00. The Morgan fingerprint density at radius 1 is 1.43 bits per heavy atom. The van der Waals surface area contributed by atoms with Crippen LogP contribution in [0.3, 0.4) is 0 Å². The zero-order valence-corrected chi connectivity index (χ0v) is 13.2. The summed E-state index contributed by atoms with van der Waals surface area (Å²) in [7, 11) is -3.38. The zero-order chi connectivity index (χ0) is 15.5. The van der Waals surface area contributed by atoms with Crippen LogP contribution in [0, 0.1) is 5.92 Å². The molecule has 7 heteroatoms. The van der Waals surface area contributed by atoms with Crippen LogP contribution in [0.5, 0.6) is 0 Å². The van der Waals surface area contributed by atoms with Crippen LogP contribution in [0.15, 0.2) is 30.4 Å². The first kappa shape index (κ1) is 15.9. The molecule has 0 bridgehead atoms. The van der Waals surface area contributed by atoms with Gasteiger partial charge >= 0.3 is 0 Å². The second-order valence-electron chi connectivity index (χ2n) is 5.09. The number of anilines is 2. The minimum atomic E-state index is -3.38. The van der Waals surface area contributed by atoms with Crippen LogP contribution in [-0.2, 0) is 14.8 Å². The van der Waals surface area contributed by atoms with E-state index in [2.05, 4.69) is 22.2 Å². The van der Waals surface area contributed by atoms with E-state index in [9.17, 15) is 13.2 Å². The Morgan fingerprint density at radius 2 is 2.19 bits per heavy atom. The number of benzene rings is 1. The first-order valence-electron chi connectivity index (χ1n) is 6.57. The van der Waals surface area contributed by atoms with Crippen LogP contribution >= 0.6 is 11.6 Å². The van der Waals surface area contributed by atoms with Crippen molar-refractivity contribution >= 4 is 38.9 Å². The minimum absolute atomic E-state index is 0.0774. The largest absolute Gasteiger partial charge is 0.326 e. The van der Waals surface area contributed by atoms with Crippen LogP contribution in [0.1, 0.15) is 19.3 Å². The molecule has 0 heterocycles. The molecule has 1 aromatic rings. The number of nitrogens with one attached hydrogen (secondary N) is 2. The molecule has 2 N–H and O–H groups in total. The van der Waals surface area contributed by atoms with Crippen LogP contribution in [0.4, 0.5) is 11.4 Å². The van der Waals surface area contributed by atoms with Gasteiger partial charge in [0.05, 0.1) is 17.0 Å². The van der Waals surface area contributed by atoms with E-state index in [1.165, 1.54) is 12.1 Å². The van der Waals surface area contributed by atoms with E-state index in [4.69, 9.17) is 11.6 Å². The molecule has 0 unspecified atom stereocenters. The summed E-state index contributed by atoms with van der Waals surface area (Å²) in [6.07, 6.45) is 7.67. The van der Waals surface area contributed by atoms with Crippen molar-refractivity contribution in [3.8, 4) is 0 Å². The van der Waals surface area contributed by atoms with Crippen molar-refractivity contribution in [3.63, 3.8) is 0 Å².